The molecule has 0 saturated heterocycles. The predicted octanol–water partition coefficient (Wildman–Crippen LogP) is 1.16. The highest BCUT2D eigenvalue weighted by Crippen LogP contribution is 2.19. The summed E-state index contributed by atoms with van der Waals surface area (Å²) < 4.78 is 4.72. The predicted molar refractivity (Wildman–Crippen MR) is 41.1 cm³/mol. The Hall–Kier alpha value is -0.860. The van der Waals surface area contributed by atoms with Crippen molar-refractivity contribution in [2.45, 2.75) is 27.2 Å². The highest BCUT2D eigenvalue weighted by atomic mass is 16.5. The zero-order valence-electron chi connectivity index (χ0n) is 7.22. The molecular formula is C8H14O3. The van der Waals surface area contributed by atoms with Gasteiger partial charge < -0.3 is 9.53 Å². The molecule has 0 aromatic rings. The van der Waals surface area contributed by atoms with Crippen LogP contribution in [0.15, 0.2) is 0 Å². The maximum Gasteiger partial charge on any atom is 0.319 e. The van der Waals surface area contributed by atoms with E-state index in [4.69, 9.17) is 4.74 Å². The van der Waals surface area contributed by atoms with Gasteiger partial charge in [0.2, 0.25) is 0 Å². The van der Waals surface area contributed by atoms with Gasteiger partial charge >= 0.3 is 5.97 Å². The van der Waals surface area contributed by atoms with Crippen LogP contribution in [0.2, 0.25) is 0 Å². The number of rotatable bonds is 4. The molecule has 11 heavy (non-hydrogen) atoms. The minimum absolute atomic E-state index is 0.322. The van der Waals surface area contributed by atoms with E-state index in [-0.39, 0.29) is 0 Å². The largest absolute Gasteiger partial charge is 0.465 e. The lowest BCUT2D eigenvalue weighted by molar-refractivity contribution is -0.156. The molecule has 0 aliphatic carbocycles. The molecule has 0 radical (unpaired) electrons. The van der Waals surface area contributed by atoms with Crippen molar-refractivity contribution in [2.24, 2.45) is 5.41 Å². The first-order chi connectivity index (χ1) is 5.10. The van der Waals surface area contributed by atoms with Crippen molar-refractivity contribution in [2.75, 3.05) is 6.61 Å². The third-order valence-electron chi connectivity index (χ3n) is 1.74. The van der Waals surface area contributed by atoms with Gasteiger partial charge in [0.1, 0.15) is 11.7 Å². The van der Waals surface area contributed by atoms with Crippen LogP contribution in [0.4, 0.5) is 0 Å². The molecule has 1 atom stereocenters. The molecule has 0 heterocycles. The zero-order chi connectivity index (χ0) is 8.91. The maximum absolute atomic E-state index is 11.1. The van der Waals surface area contributed by atoms with E-state index in [9.17, 15) is 9.59 Å². The van der Waals surface area contributed by atoms with Gasteiger partial charge in [-0.1, -0.05) is 6.92 Å². The Labute approximate surface area is 66.7 Å². The summed E-state index contributed by atoms with van der Waals surface area (Å²) in [6.07, 6.45) is 1.13. The average Bonchev–Trinajstić information content (AvgIpc) is 2.03. The number of aldehydes is 1. The fourth-order valence-corrected chi connectivity index (χ4v) is 0.572. The lowest BCUT2D eigenvalue weighted by Crippen LogP contribution is -2.30. The smallest absolute Gasteiger partial charge is 0.319 e. The topological polar surface area (TPSA) is 43.4 Å². The van der Waals surface area contributed by atoms with E-state index < -0.39 is 11.4 Å². The minimum atomic E-state index is -0.948. The number of carbonyl (C=O) groups is 2. The molecule has 0 unspecified atom stereocenters. The second kappa shape index (κ2) is 4.11. The van der Waals surface area contributed by atoms with E-state index in [1.165, 1.54) is 0 Å². The summed E-state index contributed by atoms with van der Waals surface area (Å²) in [7, 11) is 0. The molecular weight excluding hydrogens is 144 g/mol. The fourth-order valence-electron chi connectivity index (χ4n) is 0.572. The summed E-state index contributed by atoms with van der Waals surface area (Å²) in [6.45, 7) is 5.41. The second-order valence-electron chi connectivity index (χ2n) is 2.61. The lowest BCUT2D eigenvalue weighted by atomic mass is 9.90. The monoisotopic (exact) mass is 158 g/mol. The van der Waals surface area contributed by atoms with E-state index in [1.807, 2.05) is 0 Å². The van der Waals surface area contributed by atoms with E-state index in [1.54, 1.807) is 20.8 Å². The first kappa shape index (κ1) is 10.1. The highest BCUT2D eigenvalue weighted by molar-refractivity contribution is 5.92. The van der Waals surface area contributed by atoms with Crippen LogP contribution in [0.5, 0.6) is 0 Å². The molecule has 0 bridgehead atoms. The Morgan fingerprint density at radius 1 is 1.55 bits per heavy atom. The van der Waals surface area contributed by atoms with Crippen LogP contribution in [-0.2, 0) is 14.3 Å². The fraction of sp³-hybridized carbons (Fsp3) is 0.750. The molecule has 0 rings (SSSR count). The number of ether oxygens (including phenoxy) is 1. The molecule has 0 N–H and O–H groups in total. The van der Waals surface area contributed by atoms with Crippen molar-refractivity contribution < 1.29 is 14.3 Å². The normalized spacial score (nSPS) is 15.2. The van der Waals surface area contributed by atoms with Crippen molar-refractivity contribution in [1.29, 1.82) is 0 Å². The Bertz CT molecular complexity index is 153. The summed E-state index contributed by atoms with van der Waals surface area (Å²) in [5.41, 5.74) is -0.948. The lowest BCUT2D eigenvalue weighted by Gasteiger charge is -2.17. The van der Waals surface area contributed by atoms with Crippen LogP contribution in [0.1, 0.15) is 27.2 Å². The average molecular weight is 158 g/mol. The number of carbonyl (C=O) groups excluding carboxylic acids is 2. The van der Waals surface area contributed by atoms with Gasteiger partial charge in [-0.15, -0.1) is 0 Å². The van der Waals surface area contributed by atoms with Gasteiger partial charge in [0.05, 0.1) is 6.61 Å². The third kappa shape index (κ3) is 2.33. The number of esters is 1. The number of hydrogen-bond acceptors (Lipinski definition) is 3. The van der Waals surface area contributed by atoms with Crippen LogP contribution in [0.25, 0.3) is 0 Å². The third-order valence-corrected chi connectivity index (χ3v) is 1.74. The molecule has 0 aliphatic rings. The first-order valence-corrected chi connectivity index (χ1v) is 3.74. The summed E-state index contributed by atoms with van der Waals surface area (Å²) >= 11 is 0. The van der Waals surface area contributed by atoms with E-state index in [0.717, 1.165) is 0 Å². The van der Waals surface area contributed by atoms with Gasteiger partial charge in [0.15, 0.2) is 0 Å². The van der Waals surface area contributed by atoms with Gasteiger partial charge in [-0.25, -0.2) is 0 Å². The Morgan fingerprint density at radius 2 is 2.09 bits per heavy atom. The van der Waals surface area contributed by atoms with Crippen molar-refractivity contribution in [3.8, 4) is 0 Å². The number of hydrogen-bond donors (Lipinski definition) is 0. The van der Waals surface area contributed by atoms with Crippen LogP contribution in [0, 0.1) is 5.41 Å². The van der Waals surface area contributed by atoms with Crippen molar-refractivity contribution in [3.63, 3.8) is 0 Å². The van der Waals surface area contributed by atoms with Crippen molar-refractivity contribution in [3.05, 3.63) is 0 Å². The van der Waals surface area contributed by atoms with Crippen LogP contribution < -0.4 is 0 Å². The zero-order valence-corrected chi connectivity index (χ0v) is 7.22. The van der Waals surface area contributed by atoms with Gasteiger partial charge in [-0.2, -0.15) is 0 Å². The first-order valence-electron chi connectivity index (χ1n) is 3.74. The molecule has 3 heteroatoms. The van der Waals surface area contributed by atoms with Gasteiger partial charge in [-0.05, 0) is 20.3 Å². The summed E-state index contributed by atoms with van der Waals surface area (Å²) in [4.78, 5) is 21.5. The maximum atomic E-state index is 11.1. The molecule has 0 fully saturated rings. The van der Waals surface area contributed by atoms with Crippen molar-refractivity contribution in [1.82, 2.24) is 0 Å². The molecule has 0 aliphatic heterocycles. The summed E-state index contributed by atoms with van der Waals surface area (Å²) in [5, 5.41) is 0. The van der Waals surface area contributed by atoms with E-state index >= 15 is 0 Å². The Balaban J connectivity index is 4.24. The van der Waals surface area contributed by atoms with Crippen LogP contribution >= 0.6 is 0 Å². The van der Waals surface area contributed by atoms with Gasteiger partial charge in [0.25, 0.3) is 0 Å². The quantitative estimate of drug-likeness (QED) is 0.350. The Kier molecular flexibility index (Phi) is 3.79. The van der Waals surface area contributed by atoms with Crippen LogP contribution in [0.3, 0.4) is 0 Å². The van der Waals surface area contributed by atoms with Crippen molar-refractivity contribution >= 4 is 12.3 Å². The summed E-state index contributed by atoms with van der Waals surface area (Å²) in [6, 6.07) is 0. The summed E-state index contributed by atoms with van der Waals surface area (Å²) in [5.74, 6) is -0.433. The molecule has 0 saturated carbocycles. The standard InChI is InChI=1S/C8H14O3/c1-4-8(3,6-9)7(10)11-5-2/h6H,4-5H2,1-3H3/t8-/m0/s1. The molecule has 64 valence electrons. The Morgan fingerprint density at radius 3 is 2.36 bits per heavy atom. The molecule has 0 aromatic carbocycles. The minimum Gasteiger partial charge on any atom is -0.465 e. The van der Waals surface area contributed by atoms with E-state index in [0.29, 0.717) is 19.3 Å². The van der Waals surface area contributed by atoms with Gasteiger partial charge in [-0.3, -0.25) is 4.79 Å². The SMILES string of the molecule is CCOC(=O)[C@](C)(C=O)CC. The highest BCUT2D eigenvalue weighted by Gasteiger charge is 2.32. The second-order valence-corrected chi connectivity index (χ2v) is 2.61. The molecule has 0 amide bonds. The molecule has 3 nitrogen and oxygen atoms in total. The van der Waals surface area contributed by atoms with Gasteiger partial charge in [0, 0.05) is 0 Å². The molecule has 0 spiro atoms. The van der Waals surface area contributed by atoms with Crippen LogP contribution in [-0.4, -0.2) is 18.9 Å². The molecule has 0 aromatic heterocycles. The van der Waals surface area contributed by atoms with E-state index in [2.05, 4.69) is 0 Å².